The van der Waals surface area contributed by atoms with E-state index in [4.69, 9.17) is 0 Å². The number of rotatable bonds is 9. The van der Waals surface area contributed by atoms with Crippen molar-refractivity contribution in [3.05, 3.63) is 41.2 Å². The number of imidazole rings is 1. The number of H-pyrrole nitrogens is 1. The first-order chi connectivity index (χ1) is 16.1. The lowest BCUT2D eigenvalue weighted by Gasteiger charge is -2.39. The lowest BCUT2D eigenvalue weighted by Crippen LogP contribution is -2.48. The molecule has 1 N–H and O–H groups in total. The zero-order chi connectivity index (χ0) is 24.9. The van der Waals surface area contributed by atoms with E-state index in [1.54, 1.807) is 6.92 Å². The summed E-state index contributed by atoms with van der Waals surface area (Å²) >= 11 is 0. The first kappa shape index (κ1) is 26.3. The van der Waals surface area contributed by atoms with Crippen LogP contribution in [0.4, 0.5) is 13.2 Å². The summed E-state index contributed by atoms with van der Waals surface area (Å²) in [6.07, 6.45) is 1.06. The molecule has 1 fully saturated rings. The lowest BCUT2D eigenvalue weighted by atomic mass is 9.98. The van der Waals surface area contributed by atoms with Crippen molar-refractivity contribution in [2.45, 2.75) is 78.6 Å². The van der Waals surface area contributed by atoms with E-state index in [-0.39, 0.29) is 11.9 Å². The van der Waals surface area contributed by atoms with Crippen molar-refractivity contribution < 1.29 is 18.0 Å². The molecule has 5 nitrogen and oxygen atoms in total. The van der Waals surface area contributed by atoms with Crippen molar-refractivity contribution in [3.63, 3.8) is 0 Å². The molecule has 0 aliphatic carbocycles. The third kappa shape index (κ3) is 6.84. The highest BCUT2D eigenvalue weighted by atomic mass is 19.4. The molecule has 1 unspecified atom stereocenters. The van der Waals surface area contributed by atoms with Crippen molar-refractivity contribution in [1.29, 1.82) is 0 Å². The van der Waals surface area contributed by atoms with Gasteiger partial charge in [0.05, 0.1) is 11.3 Å². The molecule has 1 aromatic carbocycles. The van der Waals surface area contributed by atoms with E-state index in [9.17, 15) is 18.0 Å². The number of likely N-dealkylation sites (tertiary alicyclic amines) is 1. The Labute approximate surface area is 200 Å². The van der Waals surface area contributed by atoms with Crippen molar-refractivity contribution in [1.82, 2.24) is 19.8 Å². The summed E-state index contributed by atoms with van der Waals surface area (Å²) in [6, 6.07) is 5.35. The molecule has 1 amide bonds. The molecule has 8 heteroatoms. The summed E-state index contributed by atoms with van der Waals surface area (Å²) in [4.78, 5) is 24.6. The highest BCUT2D eigenvalue weighted by Crippen LogP contribution is 2.31. The van der Waals surface area contributed by atoms with Crippen LogP contribution in [0.3, 0.4) is 0 Å². The van der Waals surface area contributed by atoms with Crippen LogP contribution in [0.2, 0.25) is 0 Å². The van der Waals surface area contributed by atoms with Gasteiger partial charge in [0, 0.05) is 50.4 Å². The van der Waals surface area contributed by atoms with Gasteiger partial charge in [0.1, 0.15) is 5.82 Å². The number of carbonyl (C=O) groups is 1. The minimum Gasteiger partial charge on any atom is -0.342 e. The molecule has 1 atom stereocenters. The van der Waals surface area contributed by atoms with E-state index in [0.29, 0.717) is 23.9 Å². The Bertz CT molecular complexity index is 931. The number of halogens is 3. The minimum absolute atomic E-state index is 0.158. The molecular formula is C26H37F3N4O. The fourth-order valence-corrected chi connectivity index (χ4v) is 4.72. The van der Waals surface area contributed by atoms with E-state index in [1.807, 2.05) is 6.92 Å². The largest absolute Gasteiger partial charge is 0.416 e. The number of benzene rings is 1. The predicted molar refractivity (Wildman–Crippen MR) is 128 cm³/mol. The summed E-state index contributed by atoms with van der Waals surface area (Å²) in [7, 11) is 0. The lowest BCUT2D eigenvalue weighted by molar-refractivity contribution is -0.137. The summed E-state index contributed by atoms with van der Waals surface area (Å²) in [5.41, 5.74) is 1.80. The fourth-order valence-electron chi connectivity index (χ4n) is 4.72. The summed E-state index contributed by atoms with van der Waals surface area (Å²) in [5, 5.41) is 0. The zero-order valence-corrected chi connectivity index (χ0v) is 20.7. The van der Waals surface area contributed by atoms with Gasteiger partial charge < -0.3 is 9.88 Å². The second-order valence-corrected chi connectivity index (χ2v) is 9.66. The highest BCUT2D eigenvalue weighted by Gasteiger charge is 2.30. The molecule has 0 spiro atoms. The van der Waals surface area contributed by atoms with Crippen LogP contribution in [0.15, 0.2) is 24.3 Å². The maximum Gasteiger partial charge on any atom is 0.416 e. The minimum atomic E-state index is -4.35. The van der Waals surface area contributed by atoms with E-state index in [1.165, 1.54) is 25.0 Å². The standard InChI is InChI=1S/C26H37F3N4O/c1-5-6-7-18(2)16-33(20(4)34)23-12-14-32(15-13-23)17-24-19(3)30-25(31-24)21-8-10-22(11-9-21)26(27,28)29/h8-11,18,23H,5-7,12-17H2,1-4H3,(H,30,31). The van der Waals surface area contributed by atoms with Gasteiger partial charge in [-0.3, -0.25) is 9.69 Å². The molecule has 188 valence electrons. The highest BCUT2D eigenvalue weighted by molar-refractivity contribution is 5.73. The number of nitrogens with one attached hydrogen (secondary N) is 1. The number of unbranched alkanes of at least 4 members (excludes halogenated alkanes) is 1. The Kier molecular flexibility index (Phi) is 8.79. The fraction of sp³-hybridized carbons (Fsp3) is 0.615. The molecule has 0 saturated carbocycles. The smallest absolute Gasteiger partial charge is 0.342 e. The van der Waals surface area contributed by atoms with E-state index in [2.05, 4.69) is 33.6 Å². The molecule has 1 aliphatic heterocycles. The second-order valence-electron chi connectivity index (χ2n) is 9.66. The number of hydrogen-bond acceptors (Lipinski definition) is 3. The van der Waals surface area contributed by atoms with Crippen molar-refractivity contribution in [2.24, 2.45) is 5.92 Å². The van der Waals surface area contributed by atoms with Gasteiger partial charge in [0.25, 0.3) is 0 Å². The molecule has 3 rings (SSSR count). The first-order valence-electron chi connectivity index (χ1n) is 12.3. The maximum absolute atomic E-state index is 12.8. The molecule has 1 saturated heterocycles. The predicted octanol–water partition coefficient (Wildman–Crippen LogP) is 6.04. The van der Waals surface area contributed by atoms with Crippen LogP contribution in [0, 0.1) is 12.8 Å². The summed E-state index contributed by atoms with van der Waals surface area (Å²) < 4.78 is 38.5. The Hall–Kier alpha value is -2.35. The second kappa shape index (κ2) is 11.4. The van der Waals surface area contributed by atoms with Crippen molar-refractivity contribution in [2.75, 3.05) is 19.6 Å². The number of aryl methyl sites for hydroxylation is 1. The topological polar surface area (TPSA) is 52.2 Å². The van der Waals surface area contributed by atoms with E-state index < -0.39 is 11.7 Å². The van der Waals surface area contributed by atoms with Crippen LogP contribution in [0.1, 0.15) is 69.8 Å². The molecule has 0 radical (unpaired) electrons. The van der Waals surface area contributed by atoms with E-state index in [0.717, 1.165) is 62.4 Å². The Morgan fingerprint density at radius 1 is 1.24 bits per heavy atom. The number of aromatic nitrogens is 2. The zero-order valence-electron chi connectivity index (χ0n) is 20.7. The molecular weight excluding hydrogens is 441 g/mol. The van der Waals surface area contributed by atoms with Crippen LogP contribution < -0.4 is 0 Å². The van der Waals surface area contributed by atoms with Crippen LogP contribution in [0.25, 0.3) is 11.4 Å². The SMILES string of the molecule is CCCCC(C)CN(C(C)=O)C1CCN(Cc2nc(-c3ccc(C(F)(F)F)cc3)[nH]c2C)CC1. The summed E-state index contributed by atoms with van der Waals surface area (Å²) in [5.74, 6) is 1.25. The molecule has 1 aromatic heterocycles. The van der Waals surface area contributed by atoms with Crippen molar-refractivity contribution >= 4 is 5.91 Å². The van der Waals surface area contributed by atoms with Crippen LogP contribution in [0.5, 0.6) is 0 Å². The Balaban J connectivity index is 1.58. The van der Waals surface area contributed by atoms with Crippen LogP contribution >= 0.6 is 0 Å². The monoisotopic (exact) mass is 478 g/mol. The Morgan fingerprint density at radius 3 is 2.44 bits per heavy atom. The van der Waals surface area contributed by atoms with Gasteiger partial charge in [-0.15, -0.1) is 0 Å². The third-order valence-corrected chi connectivity index (χ3v) is 6.81. The van der Waals surface area contributed by atoms with Gasteiger partial charge in [0.2, 0.25) is 5.91 Å². The first-order valence-corrected chi connectivity index (χ1v) is 12.3. The quantitative estimate of drug-likeness (QED) is 0.478. The number of aromatic amines is 1. The van der Waals surface area contributed by atoms with Crippen LogP contribution in [-0.4, -0.2) is 51.4 Å². The van der Waals surface area contributed by atoms with Gasteiger partial charge in [-0.2, -0.15) is 13.2 Å². The van der Waals surface area contributed by atoms with Gasteiger partial charge in [-0.05, 0) is 44.2 Å². The number of carbonyl (C=O) groups excluding carboxylic acids is 1. The Morgan fingerprint density at radius 2 is 1.88 bits per heavy atom. The molecule has 34 heavy (non-hydrogen) atoms. The van der Waals surface area contributed by atoms with Crippen LogP contribution in [-0.2, 0) is 17.5 Å². The summed E-state index contributed by atoms with van der Waals surface area (Å²) in [6.45, 7) is 11.3. The average molecular weight is 479 g/mol. The number of nitrogens with zero attached hydrogens (tertiary/aromatic N) is 3. The van der Waals surface area contributed by atoms with Gasteiger partial charge >= 0.3 is 6.18 Å². The molecule has 0 bridgehead atoms. The van der Waals surface area contributed by atoms with Gasteiger partial charge in [0.15, 0.2) is 0 Å². The maximum atomic E-state index is 12.8. The van der Waals surface area contributed by atoms with Crippen molar-refractivity contribution in [3.8, 4) is 11.4 Å². The number of hydrogen-bond donors (Lipinski definition) is 1. The molecule has 2 aromatic rings. The third-order valence-electron chi connectivity index (χ3n) is 6.81. The number of amides is 1. The van der Waals surface area contributed by atoms with Gasteiger partial charge in [-0.1, -0.05) is 38.8 Å². The van der Waals surface area contributed by atoms with Gasteiger partial charge in [-0.25, -0.2) is 4.98 Å². The average Bonchev–Trinajstić information content (AvgIpc) is 3.16. The van der Waals surface area contributed by atoms with E-state index >= 15 is 0 Å². The molecule has 2 heterocycles. The number of piperidine rings is 1. The normalized spacial score (nSPS) is 16.6. The number of alkyl halides is 3. The molecule has 1 aliphatic rings.